The molecular weight excluding hydrogens is 440 g/mol. The number of ketones is 2. The van der Waals surface area contributed by atoms with Crippen molar-refractivity contribution >= 4 is 23.3 Å². The molecule has 2 heterocycles. The zero-order valence-corrected chi connectivity index (χ0v) is 16.8. The van der Waals surface area contributed by atoms with Crippen molar-refractivity contribution in [3.8, 4) is 0 Å². The lowest BCUT2D eigenvalue weighted by molar-refractivity contribution is -0.338. The Morgan fingerprint density at radius 3 is 2.16 bits per heavy atom. The van der Waals surface area contributed by atoms with Gasteiger partial charge in [0.1, 0.15) is 54.3 Å². The minimum Gasteiger partial charge on any atom is -0.394 e. The van der Waals surface area contributed by atoms with Crippen LogP contribution in [0.15, 0.2) is 23.1 Å². The molecule has 0 aromatic heterocycles. The van der Waals surface area contributed by atoms with Crippen LogP contribution in [0.4, 0.5) is 0 Å². The van der Waals surface area contributed by atoms with Gasteiger partial charge in [-0.25, -0.2) is 0 Å². The summed E-state index contributed by atoms with van der Waals surface area (Å²) in [5.74, 6) is -0.925. The summed E-state index contributed by atoms with van der Waals surface area (Å²) in [7, 11) is 0. The third kappa shape index (κ3) is 5.07. The molecule has 2 saturated heterocycles. The van der Waals surface area contributed by atoms with Crippen LogP contribution in [0.25, 0.3) is 0 Å². The first-order valence-corrected chi connectivity index (χ1v) is 10.3. The van der Waals surface area contributed by atoms with Crippen molar-refractivity contribution in [2.24, 2.45) is 0 Å². The second kappa shape index (κ2) is 10.1. The minimum atomic E-state index is -1.77. The van der Waals surface area contributed by atoms with E-state index in [9.17, 15) is 45.3 Å². The van der Waals surface area contributed by atoms with Crippen LogP contribution in [0.2, 0.25) is 0 Å². The molecule has 7 N–H and O–H groups in total. The standard InChI is InChI=1S/C18H24O12S/c19-4-8-11(23)12(24)14(26)17(28-8)30-16-9(5-20)29-18(15(27)13(16)25)31-10-3-6(21)1-2-7(10)22/h1-3,8-9,11-20,23-27H,4-5H2/t8-,9-,11-,12+,13-,14-,15-,16-,17+,18+/m1/s1. The van der Waals surface area contributed by atoms with E-state index >= 15 is 0 Å². The highest BCUT2D eigenvalue weighted by molar-refractivity contribution is 8.04. The van der Waals surface area contributed by atoms with Gasteiger partial charge in [-0.15, -0.1) is 0 Å². The van der Waals surface area contributed by atoms with Crippen LogP contribution in [0.1, 0.15) is 0 Å². The van der Waals surface area contributed by atoms with Crippen molar-refractivity contribution in [2.45, 2.75) is 60.6 Å². The minimum absolute atomic E-state index is 0.0197. The molecule has 3 rings (SSSR count). The Balaban J connectivity index is 1.72. The van der Waals surface area contributed by atoms with Crippen LogP contribution in [0, 0.1) is 0 Å². The van der Waals surface area contributed by atoms with Crippen LogP contribution in [-0.4, -0.2) is 121 Å². The number of rotatable bonds is 6. The topological polar surface area (TPSA) is 203 Å². The third-order valence-electron chi connectivity index (χ3n) is 5.12. The Morgan fingerprint density at radius 2 is 1.52 bits per heavy atom. The van der Waals surface area contributed by atoms with Crippen LogP contribution in [-0.2, 0) is 23.8 Å². The summed E-state index contributed by atoms with van der Waals surface area (Å²) < 4.78 is 16.2. The average molecular weight is 464 g/mol. The van der Waals surface area contributed by atoms with Crippen LogP contribution < -0.4 is 0 Å². The quantitative estimate of drug-likeness (QED) is 0.187. The largest absolute Gasteiger partial charge is 0.394 e. The number of allylic oxidation sites excluding steroid dienone is 4. The first-order valence-electron chi connectivity index (χ1n) is 9.41. The van der Waals surface area contributed by atoms with E-state index in [1.165, 1.54) is 0 Å². The lowest BCUT2D eigenvalue weighted by Crippen LogP contribution is -2.64. The van der Waals surface area contributed by atoms with Gasteiger partial charge in [0, 0.05) is 6.08 Å². The highest BCUT2D eigenvalue weighted by atomic mass is 32.2. The zero-order valence-electron chi connectivity index (χ0n) is 16.0. The number of aliphatic hydroxyl groups is 7. The Bertz CT molecular complexity index is 737. The van der Waals surface area contributed by atoms with E-state index in [0.717, 1.165) is 18.2 Å². The molecular formula is C18H24O12S. The second-order valence-corrected chi connectivity index (χ2v) is 8.37. The van der Waals surface area contributed by atoms with Gasteiger partial charge >= 0.3 is 0 Å². The molecule has 10 atom stereocenters. The molecule has 0 bridgehead atoms. The van der Waals surface area contributed by atoms with Crippen LogP contribution in [0.5, 0.6) is 0 Å². The Morgan fingerprint density at radius 1 is 0.839 bits per heavy atom. The van der Waals surface area contributed by atoms with Gasteiger partial charge in [0.25, 0.3) is 0 Å². The summed E-state index contributed by atoms with van der Waals surface area (Å²) >= 11 is 0.692. The molecule has 0 spiro atoms. The predicted molar refractivity (Wildman–Crippen MR) is 101 cm³/mol. The molecule has 0 aromatic rings. The number of hydrogen-bond donors (Lipinski definition) is 7. The molecule has 0 radical (unpaired) electrons. The molecule has 3 aliphatic rings. The van der Waals surface area contributed by atoms with Gasteiger partial charge in [0.2, 0.25) is 0 Å². The summed E-state index contributed by atoms with van der Waals surface area (Å²) in [6.45, 7) is -1.40. The summed E-state index contributed by atoms with van der Waals surface area (Å²) in [5.41, 5.74) is -1.24. The molecule has 12 nitrogen and oxygen atoms in total. The molecule has 174 valence electrons. The smallest absolute Gasteiger partial charge is 0.192 e. The van der Waals surface area contributed by atoms with Crippen molar-refractivity contribution < 1.29 is 59.5 Å². The van der Waals surface area contributed by atoms with Gasteiger partial charge in [-0.2, -0.15) is 0 Å². The lowest BCUT2D eigenvalue weighted by Gasteiger charge is -2.46. The third-order valence-corrected chi connectivity index (χ3v) is 6.31. The maximum Gasteiger partial charge on any atom is 0.192 e. The normalized spacial score (nSPS) is 43.8. The van der Waals surface area contributed by atoms with Crippen LogP contribution in [0.3, 0.4) is 0 Å². The van der Waals surface area contributed by atoms with Gasteiger partial charge in [-0.3, -0.25) is 9.59 Å². The second-order valence-electron chi connectivity index (χ2n) is 7.23. The fraction of sp³-hybridized carbons (Fsp3) is 0.667. The molecule has 0 unspecified atom stereocenters. The SMILES string of the molecule is O=C1C=CC(=O)C(S[C@@H]2O[C@H](CO)[C@@H](O[C@@H]3O[C@H](CO)[C@@H](O)[C@H](O)[C@H]3O)[C@H](O)[C@H]2O)=C1. The Hall–Kier alpha value is -1.23. The van der Waals surface area contributed by atoms with E-state index in [1.807, 2.05) is 0 Å². The Kier molecular flexibility index (Phi) is 7.99. The van der Waals surface area contributed by atoms with Gasteiger partial charge < -0.3 is 50.0 Å². The average Bonchev–Trinajstić information content (AvgIpc) is 2.75. The summed E-state index contributed by atoms with van der Waals surface area (Å²) in [4.78, 5) is 23.4. The number of aliphatic hydroxyl groups excluding tert-OH is 7. The van der Waals surface area contributed by atoms with E-state index < -0.39 is 85.3 Å². The van der Waals surface area contributed by atoms with Crippen LogP contribution >= 0.6 is 11.8 Å². The number of hydrogen-bond acceptors (Lipinski definition) is 13. The van der Waals surface area contributed by atoms with E-state index in [2.05, 4.69) is 0 Å². The molecule has 0 aromatic carbocycles. The number of ether oxygens (including phenoxy) is 3. The number of carbonyl (C=O) groups is 2. The van der Waals surface area contributed by atoms with Gasteiger partial charge in [-0.05, 0) is 12.2 Å². The van der Waals surface area contributed by atoms with Gasteiger partial charge in [0.05, 0.1) is 18.1 Å². The molecule has 0 amide bonds. The van der Waals surface area contributed by atoms with Crippen molar-refractivity contribution in [3.05, 3.63) is 23.1 Å². The highest BCUT2D eigenvalue weighted by Crippen LogP contribution is 2.36. The fourth-order valence-corrected chi connectivity index (χ4v) is 4.48. The van der Waals surface area contributed by atoms with Crippen molar-refractivity contribution in [1.82, 2.24) is 0 Å². The first-order chi connectivity index (χ1) is 14.7. The summed E-state index contributed by atoms with van der Waals surface area (Å²) in [6.07, 6.45) is -10.8. The van der Waals surface area contributed by atoms with E-state index in [0.29, 0.717) is 11.8 Å². The predicted octanol–water partition coefficient (Wildman–Crippen LogP) is -4.06. The number of carbonyl (C=O) groups excluding carboxylic acids is 2. The van der Waals surface area contributed by atoms with E-state index in [-0.39, 0.29) is 4.91 Å². The van der Waals surface area contributed by atoms with Gasteiger partial charge in [-0.1, -0.05) is 11.8 Å². The molecule has 0 saturated carbocycles. The molecule has 2 fully saturated rings. The monoisotopic (exact) mass is 464 g/mol. The van der Waals surface area contributed by atoms with E-state index in [1.54, 1.807) is 0 Å². The molecule has 1 aliphatic carbocycles. The summed E-state index contributed by atoms with van der Waals surface area (Å²) in [5, 5.41) is 69.8. The maximum absolute atomic E-state index is 11.9. The first kappa shape index (κ1) is 24.4. The lowest BCUT2D eigenvalue weighted by atomic mass is 9.97. The Labute approximate surface area is 180 Å². The van der Waals surface area contributed by atoms with Crippen molar-refractivity contribution in [3.63, 3.8) is 0 Å². The molecule has 2 aliphatic heterocycles. The zero-order chi connectivity index (χ0) is 22.9. The van der Waals surface area contributed by atoms with E-state index in [4.69, 9.17) is 14.2 Å². The number of thioether (sulfide) groups is 1. The summed E-state index contributed by atoms with van der Waals surface area (Å²) in [6, 6.07) is 0. The molecule has 13 heteroatoms. The fourth-order valence-electron chi connectivity index (χ4n) is 3.36. The van der Waals surface area contributed by atoms with Gasteiger partial charge in [0.15, 0.2) is 17.9 Å². The van der Waals surface area contributed by atoms with Crippen molar-refractivity contribution in [2.75, 3.05) is 13.2 Å². The highest BCUT2D eigenvalue weighted by Gasteiger charge is 2.50. The van der Waals surface area contributed by atoms with Crippen molar-refractivity contribution in [1.29, 1.82) is 0 Å². The maximum atomic E-state index is 11.9. The molecule has 31 heavy (non-hydrogen) atoms.